The smallest absolute Gasteiger partial charge is 0.321 e. The first-order chi connectivity index (χ1) is 15.4. The van der Waals surface area contributed by atoms with Crippen LogP contribution in [-0.2, 0) is 6.18 Å². The number of nitrogens with zero attached hydrogens (tertiary/aromatic N) is 6. The van der Waals surface area contributed by atoms with Crippen molar-refractivity contribution in [3.05, 3.63) is 84.1 Å². The standard InChI is InChI=1S/C21H12F3N7O/c22-21(23,24)18-8-16(12-27-19(18)31-28-5-6-29-31)30-20(32)15-7-14(10-26-11-15)17-4-2-1-3-13(17)9-25/h1-8,10-12H,(H,30,32). The van der Waals surface area contributed by atoms with Crippen molar-refractivity contribution < 1.29 is 18.0 Å². The predicted molar refractivity (Wildman–Crippen MR) is 106 cm³/mol. The molecule has 8 nitrogen and oxygen atoms in total. The van der Waals surface area contributed by atoms with E-state index in [-0.39, 0.29) is 11.3 Å². The van der Waals surface area contributed by atoms with Gasteiger partial charge in [0.25, 0.3) is 5.91 Å². The highest BCUT2D eigenvalue weighted by Gasteiger charge is 2.36. The summed E-state index contributed by atoms with van der Waals surface area (Å²) in [7, 11) is 0. The summed E-state index contributed by atoms with van der Waals surface area (Å²) in [4.78, 5) is 21.2. The Bertz CT molecular complexity index is 1330. The third kappa shape index (κ3) is 4.15. The van der Waals surface area contributed by atoms with E-state index in [1.54, 1.807) is 24.3 Å². The number of hydrogen-bond acceptors (Lipinski definition) is 6. The van der Waals surface area contributed by atoms with E-state index >= 15 is 0 Å². The number of aromatic nitrogens is 5. The Balaban J connectivity index is 1.64. The quantitative estimate of drug-likeness (QED) is 0.521. The van der Waals surface area contributed by atoms with E-state index in [9.17, 15) is 23.2 Å². The van der Waals surface area contributed by atoms with Crippen LogP contribution in [0.25, 0.3) is 16.9 Å². The van der Waals surface area contributed by atoms with Gasteiger partial charge in [0.1, 0.15) is 5.56 Å². The fourth-order valence-corrected chi connectivity index (χ4v) is 2.97. The number of anilines is 1. The van der Waals surface area contributed by atoms with Gasteiger partial charge in [0.05, 0.1) is 41.5 Å². The van der Waals surface area contributed by atoms with Gasteiger partial charge >= 0.3 is 6.18 Å². The molecule has 0 radical (unpaired) electrons. The molecule has 0 saturated carbocycles. The van der Waals surface area contributed by atoms with Crippen molar-refractivity contribution in [2.24, 2.45) is 0 Å². The Labute approximate surface area is 179 Å². The highest BCUT2D eigenvalue weighted by atomic mass is 19.4. The van der Waals surface area contributed by atoms with Crippen LogP contribution in [0.5, 0.6) is 0 Å². The highest BCUT2D eigenvalue weighted by Crippen LogP contribution is 2.34. The molecule has 32 heavy (non-hydrogen) atoms. The molecule has 0 fully saturated rings. The van der Waals surface area contributed by atoms with Crippen LogP contribution in [0, 0.1) is 11.3 Å². The van der Waals surface area contributed by atoms with E-state index < -0.39 is 23.5 Å². The van der Waals surface area contributed by atoms with Crippen LogP contribution < -0.4 is 5.32 Å². The first-order valence-corrected chi connectivity index (χ1v) is 9.06. The fourth-order valence-electron chi connectivity index (χ4n) is 2.97. The number of alkyl halides is 3. The van der Waals surface area contributed by atoms with Gasteiger partial charge in [-0.15, -0.1) is 4.80 Å². The highest BCUT2D eigenvalue weighted by molar-refractivity contribution is 6.04. The monoisotopic (exact) mass is 435 g/mol. The summed E-state index contributed by atoms with van der Waals surface area (Å²) in [5.41, 5.74) is 0.316. The molecule has 0 aliphatic rings. The molecule has 11 heteroatoms. The summed E-state index contributed by atoms with van der Waals surface area (Å²) in [6, 6.07) is 11.1. The van der Waals surface area contributed by atoms with E-state index in [0.29, 0.717) is 16.7 Å². The number of nitriles is 1. The third-order valence-corrected chi connectivity index (χ3v) is 4.40. The number of carbonyl (C=O) groups excluding carboxylic acids is 1. The Morgan fingerprint density at radius 1 is 1.06 bits per heavy atom. The van der Waals surface area contributed by atoms with Gasteiger partial charge in [-0.2, -0.15) is 28.6 Å². The van der Waals surface area contributed by atoms with Crippen LogP contribution >= 0.6 is 0 Å². The average molecular weight is 435 g/mol. The molecule has 0 aliphatic heterocycles. The molecule has 3 heterocycles. The Kier molecular flexibility index (Phi) is 5.34. The largest absolute Gasteiger partial charge is 0.420 e. The number of halogens is 3. The minimum atomic E-state index is -4.75. The van der Waals surface area contributed by atoms with Crippen LogP contribution in [-0.4, -0.2) is 30.9 Å². The maximum atomic E-state index is 13.5. The number of rotatable bonds is 4. The van der Waals surface area contributed by atoms with Crippen LogP contribution in [0.1, 0.15) is 21.5 Å². The molecule has 4 aromatic rings. The lowest BCUT2D eigenvalue weighted by molar-refractivity contribution is -0.137. The zero-order chi connectivity index (χ0) is 22.7. The van der Waals surface area contributed by atoms with Crippen molar-refractivity contribution in [1.29, 1.82) is 5.26 Å². The number of benzene rings is 1. The molecule has 4 rings (SSSR count). The number of pyridine rings is 2. The lowest BCUT2D eigenvalue weighted by atomic mass is 10.0. The lowest BCUT2D eigenvalue weighted by Crippen LogP contribution is -2.17. The van der Waals surface area contributed by atoms with Crippen molar-refractivity contribution in [3.63, 3.8) is 0 Å². The minimum Gasteiger partial charge on any atom is -0.321 e. The van der Waals surface area contributed by atoms with Crippen molar-refractivity contribution >= 4 is 11.6 Å². The van der Waals surface area contributed by atoms with Crippen molar-refractivity contribution in [1.82, 2.24) is 25.0 Å². The van der Waals surface area contributed by atoms with Gasteiger partial charge in [0.2, 0.25) is 0 Å². The maximum absolute atomic E-state index is 13.5. The summed E-state index contributed by atoms with van der Waals surface area (Å²) in [6.07, 6.45) is 1.54. The topological polar surface area (TPSA) is 109 Å². The summed E-state index contributed by atoms with van der Waals surface area (Å²) >= 11 is 0. The van der Waals surface area contributed by atoms with Crippen LogP contribution in [0.4, 0.5) is 18.9 Å². The molecule has 0 aliphatic carbocycles. The Morgan fingerprint density at radius 2 is 1.81 bits per heavy atom. The number of amides is 1. The number of carbonyl (C=O) groups is 1. The Hall–Kier alpha value is -4.59. The zero-order valence-corrected chi connectivity index (χ0v) is 16.1. The van der Waals surface area contributed by atoms with E-state index in [4.69, 9.17) is 0 Å². The predicted octanol–water partition coefficient (Wildman–Crippen LogP) is 3.87. The van der Waals surface area contributed by atoms with Gasteiger partial charge in [0, 0.05) is 23.5 Å². The molecular formula is C21H12F3N7O. The van der Waals surface area contributed by atoms with Gasteiger partial charge in [-0.25, -0.2) is 4.98 Å². The minimum absolute atomic E-state index is 0.0987. The molecular weight excluding hydrogens is 423 g/mol. The lowest BCUT2D eigenvalue weighted by Gasteiger charge is -2.13. The zero-order valence-electron chi connectivity index (χ0n) is 16.1. The van der Waals surface area contributed by atoms with E-state index in [1.165, 1.54) is 30.9 Å². The normalized spacial score (nSPS) is 11.1. The number of hydrogen-bond donors (Lipinski definition) is 1. The summed E-state index contributed by atoms with van der Waals surface area (Å²) in [6.45, 7) is 0. The van der Waals surface area contributed by atoms with Crippen molar-refractivity contribution in [2.45, 2.75) is 6.18 Å². The first kappa shape index (κ1) is 20.7. The van der Waals surface area contributed by atoms with Crippen molar-refractivity contribution in [3.8, 4) is 23.0 Å². The van der Waals surface area contributed by atoms with E-state index in [0.717, 1.165) is 17.1 Å². The molecule has 0 saturated heterocycles. The molecule has 3 aromatic heterocycles. The van der Waals surface area contributed by atoms with Gasteiger partial charge in [0.15, 0.2) is 5.82 Å². The first-order valence-electron chi connectivity index (χ1n) is 9.06. The second-order valence-electron chi connectivity index (χ2n) is 6.49. The molecule has 0 bridgehead atoms. The average Bonchev–Trinajstić information content (AvgIpc) is 3.33. The van der Waals surface area contributed by atoms with Gasteiger partial charge in [-0.1, -0.05) is 18.2 Å². The van der Waals surface area contributed by atoms with Gasteiger partial charge < -0.3 is 5.32 Å². The summed E-state index contributed by atoms with van der Waals surface area (Å²) in [5, 5.41) is 19.0. The van der Waals surface area contributed by atoms with Crippen LogP contribution in [0.3, 0.4) is 0 Å². The number of nitrogens with one attached hydrogen (secondary N) is 1. The third-order valence-electron chi connectivity index (χ3n) is 4.40. The molecule has 1 N–H and O–H groups in total. The second-order valence-corrected chi connectivity index (χ2v) is 6.49. The summed E-state index contributed by atoms with van der Waals surface area (Å²) < 4.78 is 40.6. The maximum Gasteiger partial charge on any atom is 0.420 e. The molecule has 0 unspecified atom stereocenters. The van der Waals surface area contributed by atoms with Gasteiger partial charge in [-0.05, 0) is 18.2 Å². The molecule has 0 spiro atoms. The van der Waals surface area contributed by atoms with Gasteiger partial charge in [-0.3, -0.25) is 9.78 Å². The van der Waals surface area contributed by atoms with E-state index in [2.05, 4.69) is 31.6 Å². The SMILES string of the molecule is N#Cc1ccccc1-c1cncc(C(=O)Nc2cnc(-n3nccn3)c(C(F)(F)F)c2)c1. The van der Waals surface area contributed by atoms with Crippen LogP contribution in [0.15, 0.2) is 67.4 Å². The fraction of sp³-hybridized carbons (Fsp3) is 0.0476. The Morgan fingerprint density at radius 3 is 2.53 bits per heavy atom. The summed E-state index contributed by atoms with van der Waals surface area (Å²) in [5.74, 6) is -1.20. The molecule has 1 amide bonds. The second kappa shape index (κ2) is 8.27. The molecule has 158 valence electrons. The molecule has 1 aromatic carbocycles. The van der Waals surface area contributed by atoms with Crippen molar-refractivity contribution in [2.75, 3.05) is 5.32 Å². The molecule has 0 atom stereocenters. The van der Waals surface area contributed by atoms with E-state index in [1.807, 2.05) is 0 Å². The van der Waals surface area contributed by atoms with Crippen LogP contribution in [0.2, 0.25) is 0 Å².